The Labute approximate surface area is 184 Å². The van der Waals surface area contributed by atoms with Crippen molar-refractivity contribution >= 4 is 17.8 Å². The average molecular weight is 455 g/mol. The number of aromatic nitrogens is 1. The lowest BCUT2D eigenvalue weighted by Gasteiger charge is -2.42. The van der Waals surface area contributed by atoms with Crippen LogP contribution in [0.2, 0.25) is 0 Å². The lowest BCUT2D eigenvalue weighted by Crippen LogP contribution is -2.48. The van der Waals surface area contributed by atoms with Crippen molar-refractivity contribution in [3.05, 3.63) is 30.1 Å². The van der Waals surface area contributed by atoms with Gasteiger partial charge in [-0.15, -0.1) is 0 Å². The van der Waals surface area contributed by atoms with E-state index in [1.165, 1.54) is 0 Å². The molecular formula is C22H28F3N3O4. The van der Waals surface area contributed by atoms with Gasteiger partial charge < -0.3 is 14.9 Å². The lowest BCUT2D eigenvalue weighted by atomic mass is 9.74. The highest BCUT2D eigenvalue weighted by Gasteiger charge is 2.46. The van der Waals surface area contributed by atoms with E-state index in [2.05, 4.69) is 16.8 Å². The van der Waals surface area contributed by atoms with Gasteiger partial charge in [-0.3, -0.25) is 14.6 Å². The molecule has 1 N–H and O–H groups in total. The summed E-state index contributed by atoms with van der Waals surface area (Å²) in [6, 6.07) is 3.93. The van der Waals surface area contributed by atoms with Crippen LogP contribution in [0.5, 0.6) is 0 Å². The van der Waals surface area contributed by atoms with Crippen molar-refractivity contribution in [2.24, 2.45) is 17.3 Å². The van der Waals surface area contributed by atoms with Crippen LogP contribution in [0.3, 0.4) is 0 Å². The predicted octanol–water partition coefficient (Wildman–Crippen LogP) is 3.10. The molecule has 3 heterocycles. The zero-order chi connectivity index (χ0) is 23.5. The maximum Gasteiger partial charge on any atom is 0.490 e. The zero-order valence-electron chi connectivity index (χ0n) is 18.0. The van der Waals surface area contributed by atoms with Gasteiger partial charge in [-0.25, -0.2) is 4.79 Å². The summed E-state index contributed by atoms with van der Waals surface area (Å²) < 4.78 is 31.7. The number of rotatable bonds is 3. The number of alkyl halides is 3. The van der Waals surface area contributed by atoms with Crippen LogP contribution in [0.1, 0.15) is 44.6 Å². The van der Waals surface area contributed by atoms with Crippen molar-refractivity contribution in [2.45, 2.75) is 51.7 Å². The van der Waals surface area contributed by atoms with Gasteiger partial charge in [0.1, 0.15) is 0 Å². The summed E-state index contributed by atoms with van der Waals surface area (Å²) in [4.78, 5) is 42.1. The number of piperidine rings is 1. The summed E-state index contributed by atoms with van der Waals surface area (Å²) >= 11 is 0. The van der Waals surface area contributed by atoms with E-state index in [9.17, 15) is 22.8 Å². The van der Waals surface area contributed by atoms with E-state index in [1.54, 1.807) is 6.20 Å². The third kappa shape index (κ3) is 5.77. The molecule has 1 saturated carbocycles. The molecule has 7 nitrogen and oxygen atoms in total. The summed E-state index contributed by atoms with van der Waals surface area (Å²) in [6.07, 6.45) is 3.16. The molecule has 10 heteroatoms. The van der Waals surface area contributed by atoms with Gasteiger partial charge in [0.2, 0.25) is 11.8 Å². The Balaban J connectivity index is 0.000000360. The number of halogens is 3. The van der Waals surface area contributed by atoms with Gasteiger partial charge in [-0.2, -0.15) is 13.2 Å². The maximum atomic E-state index is 12.5. The zero-order valence-corrected chi connectivity index (χ0v) is 18.0. The Kier molecular flexibility index (Phi) is 7.09. The number of hydrogen-bond donors (Lipinski definition) is 1. The second-order valence-corrected chi connectivity index (χ2v) is 9.19. The fourth-order valence-electron chi connectivity index (χ4n) is 4.74. The fraction of sp³-hybridized carbons (Fsp3) is 0.636. The highest BCUT2D eigenvalue weighted by atomic mass is 19.4. The number of likely N-dealkylation sites (tertiary alicyclic amines) is 2. The van der Waals surface area contributed by atoms with Gasteiger partial charge in [0, 0.05) is 56.3 Å². The molecule has 0 atom stereocenters. The van der Waals surface area contributed by atoms with Crippen LogP contribution < -0.4 is 0 Å². The van der Waals surface area contributed by atoms with E-state index >= 15 is 0 Å². The minimum absolute atomic E-state index is 0.0724. The molecule has 1 aromatic rings. The van der Waals surface area contributed by atoms with Crippen LogP contribution in [0, 0.1) is 17.3 Å². The molecule has 0 aromatic carbocycles. The summed E-state index contributed by atoms with van der Waals surface area (Å²) in [5.74, 6) is -1.19. The second-order valence-electron chi connectivity index (χ2n) is 9.19. The average Bonchev–Trinajstić information content (AvgIpc) is 3.00. The Hall–Kier alpha value is -2.65. The molecule has 0 bridgehead atoms. The standard InChI is InChI=1S/C20H27N3O2.C2HF3O2/c1-15-9-17(10-15)19(25)22-7-4-20(5-8-22)11-18(24)23(14-20)13-16-3-2-6-21-12-16;3-2(4,5)1(6)7/h2-3,6,12,15,17H,4-5,7-11,13-14H2,1H3;(H,6,7). The first-order chi connectivity index (χ1) is 15.0. The van der Waals surface area contributed by atoms with Crippen LogP contribution in [0.15, 0.2) is 24.5 Å². The number of hydrogen-bond acceptors (Lipinski definition) is 4. The molecule has 32 heavy (non-hydrogen) atoms. The second kappa shape index (κ2) is 9.46. The number of aliphatic carboxylic acids is 1. The van der Waals surface area contributed by atoms with Crippen molar-refractivity contribution in [3.63, 3.8) is 0 Å². The number of carboxylic acid groups (broad SMARTS) is 1. The quantitative estimate of drug-likeness (QED) is 0.757. The summed E-state index contributed by atoms with van der Waals surface area (Å²) in [5.41, 5.74) is 1.16. The van der Waals surface area contributed by atoms with Gasteiger partial charge >= 0.3 is 12.1 Å². The van der Waals surface area contributed by atoms with Gasteiger partial charge in [0.05, 0.1) is 0 Å². The molecule has 1 spiro atoms. The monoisotopic (exact) mass is 455 g/mol. The molecule has 2 amide bonds. The fourth-order valence-corrected chi connectivity index (χ4v) is 4.74. The Bertz CT molecular complexity index is 833. The molecule has 3 fully saturated rings. The van der Waals surface area contributed by atoms with Crippen LogP contribution in [-0.4, -0.2) is 63.5 Å². The van der Waals surface area contributed by atoms with E-state index in [0.717, 1.165) is 50.9 Å². The highest BCUT2D eigenvalue weighted by molar-refractivity contribution is 5.81. The van der Waals surface area contributed by atoms with Crippen molar-refractivity contribution in [1.82, 2.24) is 14.8 Å². The highest BCUT2D eigenvalue weighted by Crippen LogP contribution is 2.43. The lowest BCUT2D eigenvalue weighted by molar-refractivity contribution is -0.192. The van der Waals surface area contributed by atoms with Gasteiger partial charge in [0.15, 0.2) is 0 Å². The predicted molar refractivity (Wildman–Crippen MR) is 108 cm³/mol. The first kappa shape index (κ1) is 24.0. The van der Waals surface area contributed by atoms with Crippen molar-refractivity contribution in [1.29, 1.82) is 0 Å². The van der Waals surface area contributed by atoms with Crippen molar-refractivity contribution < 1.29 is 32.7 Å². The Morgan fingerprint density at radius 2 is 1.88 bits per heavy atom. The van der Waals surface area contributed by atoms with E-state index in [4.69, 9.17) is 9.90 Å². The number of carboxylic acids is 1. The minimum atomic E-state index is -5.08. The normalized spacial score (nSPS) is 24.6. The first-order valence-corrected chi connectivity index (χ1v) is 10.7. The summed E-state index contributed by atoms with van der Waals surface area (Å²) in [5, 5.41) is 7.12. The molecule has 2 aliphatic heterocycles. The summed E-state index contributed by atoms with van der Waals surface area (Å²) in [7, 11) is 0. The van der Waals surface area contributed by atoms with E-state index < -0.39 is 12.1 Å². The van der Waals surface area contributed by atoms with Gasteiger partial charge in [-0.1, -0.05) is 13.0 Å². The van der Waals surface area contributed by atoms with Crippen molar-refractivity contribution in [2.75, 3.05) is 19.6 Å². The molecule has 1 aliphatic carbocycles. The summed E-state index contributed by atoms with van der Waals surface area (Å²) in [6.45, 7) is 5.33. The maximum absolute atomic E-state index is 12.5. The smallest absolute Gasteiger partial charge is 0.475 e. The van der Waals surface area contributed by atoms with Crippen LogP contribution in [0.25, 0.3) is 0 Å². The largest absolute Gasteiger partial charge is 0.490 e. The third-order valence-corrected chi connectivity index (χ3v) is 6.60. The molecular weight excluding hydrogens is 427 g/mol. The topological polar surface area (TPSA) is 90.8 Å². The Morgan fingerprint density at radius 1 is 1.25 bits per heavy atom. The molecule has 0 radical (unpaired) electrons. The molecule has 0 unspecified atom stereocenters. The third-order valence-electron chi connectivity index (χ3n) is 6.60. The van der Waals surface area contributed by atoms with Gasteiger partial charge in [-0.05, 0) is 43.2 Å². The molecule has 176 valence electrons. The minimum Gasteiger partial charge on any atom is -0.475 e. The number of carbonyl (C=O) groups excluding carboxylic acids is 2. The van der Waals surface area contributed by atoms with Crippen LogP contribution in [-0.2, 0) is 20.9 Å². The molecule has 3 aliphatic rings. The number of carbonyl (C=O) groups is 3. The van der Waals surface area contributed by atoms with E-state index in [1.807, 2.05) is 23.2 Å². The number of amides is 2. The van der Waals surface area contributed by atoms with Crippen LogP contribution >= 0.6 is 0 Å². The molecule has 2 saturated heterocycles. The molecule has 1 aromatic heterocycles. The van der Waals surface area contributed by atoms with Crippen LogP contribution in [0.4, 0.5) is 13.2 Å². The van der Waals surface area contributed by atoms with E-state index in [0.29, 0.717) is 24.8 Å². The first-order valence-electron chi connectivity index (χ1n) is 10.7. The van der Waals surface area contributed by atoms with E-state index in [-0.39, 0.29) is 17.2 Å². The number of nitrogens with zero attached hydrogens (tertiary/aromatic N) is 3. The SMILES string of the molecule is CC1CC(C(=O)N2CCC3(CC2)CC(=O)N(Cc2cccnc2)C3)C1.O=C(O)C(F)(F)F. The van der Waals surface area contributed by atoms with Gasteiger partial charge in [0.25, 0.3) is 0 Å². The molecule has 4 rings (SSSR count). The Morgan fingerprint density at radius 3 is 2.38 bits per heavy atom. The van der Waals surface area contributed by atoms with Crippen molar-refractivity contribution in [3.8, 4) is 0 Å². The number of pyridine rings is 1.